The van der Waals surface area contributed by atoms with Gasteiger partial charge < -0.3 is 14.7 Å². The van der Waals surface area contributed by atoms with Crippen LogP contribution in [0.5, 0.6) is 0 Å². The van der Waals surface area contributed by atoms with Gasteiger partial charge in [-0.3, -0.25) is 14.6 Å². The third kappa shape index (κ3) is 4.54. The normalized spacial score (nSPS) is 23.0. The van der Waals surface area contributed by atoms with Crippen molar-refractivity contribution in [2.24, 2.45) is 5.92 Å². The highest BCUT2D eigenvalue weighted by atomic mass is 16.2. The molecule has 28 heavy (non-hydrogen) atoms. The van der Waals surface area contributed by atoms with Gasteiger partial charge in [0.05, 0.1) is 6.04 Å². The molecule has 0 aromatic carbocycles. The summed E-state index contributed by atoms with van der Waals surface area (Å²) in [6, 6.07) is 3.79. The van der Waals surface area contributed by atoms with Crippen LogP contribution in [0, 0.1) is 12.8 Å². The molecule has 3 fully saturated rings. The summed E-state index contributed by atoms with van der Waals surface area (Å²) >= 11 is 0. The number of nitrogens with zero attached hydrogens (tertiary/aromatic N) is 4. The van der Waals surface area contributed by atoms with Gasteiger partial charge in [-0.05, 0) is 64.3 Å². The number of aryl methyl sites for hydroxylation is 1. The zero-order chi connectivity index (χ0) is 19.5. The lowest BCUT2D eigenvalue weighted by atomic mass is 10.1. The Labute approximate surface area is 167 Å². The summed E-state index contributed by atoms with van der Waals surface area (Å²) in [5.74, 6) is 0.605. The number of carbonyl (C=O) groups is 2. The average Bonchev–Trinajstić information content (AvgIpc) is 3.46. The molecule has 1 saturated carbocycles. The van der Waals surface area contributed by atoms with E-state index >= 15 is 0 Å². The van der Waals surface area contributed by atoms with E-state index in [1.54, 1.807) is 12.3 Å². The minimum atomic E-state index is 0.0582. The zero-order valence-corrected chi connectivity index (χ0v) is 17.0. The van der Waals surface area contributed by atoms with Crippen molar-refractivity contribution in [3.8, 4) is 0 Å². The van der Waals surface area contributed by atoms with Crippen molar-refractivity contribution in [3.63, 3.8) is 0 Å². The van der Waals surface area contributed by atoms with Crippen LogP contribution in [0.2, 0.25) is 0 Å². The van der Waals surface area contributed by atoms with Gasteiger partial charge in [-0.2, -0.15) is 0 Å². The van der Waals surface area contributed by atoms with Crippen molar-refractivity contribution in [2.75, 3.05) is 39.3 Å². The van der Waals surface area contributed by atoms with E-state index in [1.807, 2.05) is 17.9 Å². The van der Waals surface area contributed by atoms with Crippen molar-refractivity contribution < 1.29 is 9.59 Å². The Hall–Kier alpha value is -1.95. The Morgan fingerprint density at radius 3 is 2.64 bits per heavy atom. The van der Waals surface area contributed by atoms with Crippen molar-refractivity contribution >= 4 is 11.8 Å². The molecule has 1 aromatic heterocycles. The average molecular weight is 385 g/mol. The van der Waals surface area contributed by atoms with Gasteiger partial charge in [-0.25, -0.2) is 0 Å². The number of amides is 2. The maximum atomic E-state index is 13.0. The highest BCUT2D eigenvalue weighted by molar-refractivity contribution is 5.94. The van der Waals surface area contributed by atoms with Crippen LogP contribution in [-0.4, -0.2) is 76.8 Å². The summed E-state index contributed by atoms with van der Waals surface area (Å²) in [5, 5.41) is 0. The second-order valence-corrected chi connectivity index (χ2v) is 8.59. The molecule has 1 unspecified atom stereocenters. The van der Waals surface area contributed by atoms with Gasteiger partial charge in [0.1, 0.15) is 0 Å². The van der Waals surface area contributed by atoms with Gasteiger partial charge >= 0.3 is 0 Å². The quantitative estimate of drug-likeness (QED) is 0.755. The number of pyridine rings is 1. The first-order valence-electron chi connectivity index (χ1n) is 10.9. The van der Waals surface area contributed by atoms with E-state index in [0.29, 0.717) is 18.0 Å². The van der Waals surface area contributed by atoms with Gasteiger partial charge in [-0.15, -0.1) is 0 Å². The van der Waals surface area contributed by atoms with Crippen LogP contribution in [0.25, 0.3) is 0 Å². The topological polar surface area (TPSA) is 56.8 Å². The lowest BCUT2D eigenvalue weighted by Gasteiger charge is -2.33. The summed E-state index contributed by atoms with van der Waals surface area (Å²) in [6.45, 7) is 7.36. The van der Waals surface area contributed by atoms with Gasteiger partial charge in [0, 0.05) is 49.6 Å². The standard InChI is InChI=1S/C22H32N4O2/c1-17-15-19(7-9-23-17)21(27)25-12-8-20(16-25)26(22(28)18-5-6-18)14-13-24-10-3-2-4-11-24/h7,9,15,18,20H,2-6,8,10-14,16H2,1H3. The molecular formula is C22H32N4O2. The van der Waals surface area contributed by atoms with Crippen LogP contribution in [-0.2, 0) is 4.79 Å². The zero-order valence-electron chi connectivity index (χ0n) is 17.0. The maximum absolute atomic E-state index is 13.0. The lowest BCUT2D eigenvalue weighted by molar-refractivity contribution is -0.135. The number of hydrogen-bond donors (Lipinski definition) is 0. The number of carbonyl (C=O) groups excluding carboxylic acids is 2. The predicted molar refractivity (Wildman–Crippen MR) is 108 cm³/mol. The van der Waals surface area contributed by atoms with E-state index in [2.05, 4.69) is 14.8 Å². The fourth-order valence-corrected chi connectivity index (χ4v) is 4.51. The molecule has 2 saturated heterocycles. The number of hydrogen-bond acceptors (Lipinski definition) is 4. The van der Waals surface area contributed by atoms with Crippen molar-refractivity contribution in [1.82, 2.24) is 19.7 Å². The van der Waals surface area contributed by atoms with E-state index in [0.717, 1.165) is 57.7 Å². The van der Waals surface area contributed by atoms with E-state index in [4.69, 9.17) is 0 Å². The minimum absolute atomic E-state index is 0.0582. The fraction of sp³-hybridized carbons (Fsp3) is 0.682. The van der Waals surface area contributed by atoms with Crippen LogP contribution in [0.15, 0.2) is 18.3 Å². The molecule has 2 amide bonds. The van der Waals surface area contributed by atoms with Gasteiger partial charge in [-0.1, -0.05) is 6.42 Å². The summed E-state index contributed by atoms with van der Waals surface area (Å²) in [4.78, 5) is 36.5. The van der Waals surface area contributed by atoms with Gasteiger partial charge in [0.25, 0.3) is 5.91 Å². The van der Waals surface area contributed by atoms with E-state index < -0.39 is 0 Å². The highest BCUT2D eigenvalue weighted by Gasteiger charge is 2.39. The molecule has 6 nitrogen and oxygen atoms in total. The Balaban J connectivity index is 1.39. The molecule has 152 valence electrons. The van der Waals surface area contributed by atoms with E-state index in [9.17, 15) is 9.59 Å². The molecule has 0 bridgehead atoms. The first kappa shape index (κ1) is 19.4. The maximum Gasteiger partial charge on any atom is 0.254 e. The SMILES string of the molecule is Cc1cc(C(=O)N2CCC(N(CCN3CCCCC3)C(=O)C3CC3)C2)ccn1. The summed E-state index contributed by atoms with van der Waals surface area (Å²) in [7, 11) is 0. The molecule has 0 radical (unpaired) electrons. The summed E-state index contributed by atoms with van der Waals surface area (Å²) in [5.41, 5.74) is 1.55. The molecule has 1 aliphatic carbocycles. The third-order valence-electron chi connectivity index (χ3n) is 6.35. The Morgan fingerprint density at radius 1 is 1.14 bits per heavy atom. The fourth-order valence-electron chi connectivity index (χ4n) is 4.51. The Kier molecular flexibility index (Phi) is 5.95. The van der Waals surface area contributed by atoms with Crippen LogP contribution in [0.3, 0.4) is 0 Å². The summed E-state index contributed by atoms with van der Waals surface area (Å²) in [6.07, 6.45) is 8.51. The van der Waals surface area contributed by atoms with Gasteiger partial charge in [0.15, 0.2) is 0 Å². The monoisotopic (exact) mass is 384 g/mol. The Bertz CT molecular complexity index is 712. The van der Waals surface area contributed by atoms with Crippen LogP contribution in [0.1, 0.15) is 54.6 Å². The Morgan fingerprint density at radius 2 is 1.93 bits per heavy atom. The molecule has 3 aliphatic rings. The number of piperidine rings is 1. The van der Waals surface area contributed by atoms with Crippen LogP contribution >= 0.6 is 0 Å². The molecule has 1 aromatic rings. The molecule has 0 N–H and O–H groups in total. The second-order valence-electron chi connectivity index (χ2n) is 8.59. The molecular weight excluding hydrogens is 352 g/mol. The molecule has 2 aliphatic heterocycles. The smallest absolute Gasteiger partial charge is 0.254 e. The number of likely N-dealkylation sites (tertiary alicyclic amines) is 2. The van der Waals surface area contributed by atoms with E-state index in [1.165, 1.54) is 19.3 Å². The summed E-state index contributed by atoms with van der Waals surface area (Å²) < 4.78 is 0. The minimum Gasteiger partial charge on any atom is -0.337 e. The first-order chi connectivity index (χ1) is 13.6. The largest absolute Gasteiger partial charge is 0.337 e. The molecule has 6 heteroatoms. The first-order valence-corrected chi connectivity index (χ1v) is 10.9. The van der Waals surface area contributed by atoms with E-state index in [-0.39, 0.29) is 17.9 Å². The van der Waals surface area contributed by atoms with Crippen molar-refractivity contribution in [3.05, 3.63) is 29.6 Å². The van der Waals surface area contributed by atoms with Crippen LogP contribution in [0.4, 0.5) is 0 Å². The molecule has 0 spiro atoms. The second kappa shape index (κ2) is 8.60. The number of rotatable bonds is 6. The molecule has 1 atom stereocenters. The van der Waals surface area contributed by atoms with Gasteiger partial charge in [0.2, 0.25) is 5.91 Å². The van der Waals surface area contributed by atoms with Crippen LogP contribution < -0.4 is 0 Å². The number of aromatic nitrogens is 1. The van der Waals surface area contributed by atoms with Crippen molar-refractivity contribution in [1.29, 1.82) is 0 Å². The molecule has 4 rings (SSSR count). The highest BCUT2D eigenvalue weighted by Crippen LogP contribution is 2.33. The molecule has 3 heterocycles. The predicted octanol–water partition coefficient (Wildman–Crippen LogP) is 2.33. The third-order valence-corrected chi connectivity index (χ3v) is 6.35. The van der Waals surface area contributed by atoms with Crippen molar-refractivity contribution in [2.45, 2.75) is 51.5 Å². The lowest BCUT2D eigenvalue weighted by Crippen LogP contribution is -2.47.